The summed E-state index contributed by atoms with van der Waals surface area (Å²) in [6, 6.07) is 0. The molecule has 0 heterocycles. The van der Waals surface area contributed by atoms with Crippen molar-refractivity contribution >= 4 is 47.8 Å². The van der Waals surface area contributed by atoms with E-state index in [4.69, 9.17) is 0 Å². The first-order chi connectivity index (χ1) is 30.1. The molecule has 24 bridgehead atoms. The van der Waals surface area contributed by atoms with Gasteiger partial charge in [-0.25, -0.2) is 0 Å². The molecule has 0 aromatic heterocycles. The molecule has 64 heavy (non-hydrogen) atoms. The van der Waals surface area contributed by atoms with Crippen LogP contribution in [0.3, 0.4) is 0 Å². The minimum absolute atomic E-state index is 0. The highest BCUT2D eigenvalue weighted by Gasteiger charge is 2.76. The second kappa shape index (κ2) is 12.8. The van der Waals surface area contributed by atoms with Crippen molar-refractivity contribution in [2.45, 2.75) is 252 Å². The summed E-state index contributed by atoms with van der Waals surface area (Å²) in [5, 5.41) is 0. The van der Waals surface area contributed by atoms with E-state index in [-0.39, 0.29) is 7.43 Å². The Morgan fingerprint density at radius 3 is 0.734 bits per heavy atom. The van der Waals surface area contributed by atoms with Crippen molar-refractivity contribution in [3.8, 4) is 0 Å². The molecular weight excluding hydrogens is 972 g/mol. The van der Waals surface area contributed by atoms with Crippen LogP contribution in [0.2, 0.25) is 0 Å². The Balaban J connectivity index is 0.000000113. The molecule has 6 atom stereocenters. The first kappa shape index (κ1) is 42.0. The predicted octanol–water partition coefficient (Wildman–Crippen LogP) is 18.2. The monoisotopic (exact) mass is 1060 g/mol. The molecule has 0 amide bonds. The van der Waals surface area contributed by atoms with E-state index in [0.717, 1.165) is 98.6 Å². The lowest BCUT2D eigenvalue weighted by molar-refractivity contribution is -0.267. The maximum absolute atomic E-state index is 4.42. The van der Waals surface area contributed by atoms with E-state index in [9.17, 15) is 0 Å². The van der Waals surface area contributed by atoms with E-state index < -0.39 is 0 Å². The SMILES string of the molecule is BrC12CC3CC(C1)CC(C14CC5CC(C1)CC(C16CC7CC(Br)(CC(Br)(C7)C1)C6)(C5)C4)(C3)C2.C.C1C2CC3CC1CC(C14CC5CC(C1)CC(C16CC7CC(CC(C7)C1)C6)(C5)C4)(C2)C3. The predicted molar refractivity (Wildman–Crippen MR) is 273 cm³/mol. The minimum atomic E-state index is 0. The normalized spacial score (nSPS) is 68.6. The maximum atomic E-state index is 4.42. The van der Waals surface area contributed by atoms with Crippen molar-refractivity contribution in [2.75, 3.05) is 0 Å². The molecule has 0 aromatic carbocycles. The second-order valence-electron chi connectivity index (χ2n) is 32.4. The lowest BCUT2D eigenvalue weighted by Gasteiger charge is -2.78. The van der Waals surface area contributed by atoms with Crippen LogP contribution in [0.25, 0.3) is 0 Å². The van der Waals surface area contributed by atoms with Gasteiger partial charge in [0, 0.05) is 13.0 Å². The van der Waals surface area contributed by atoms with Crippen LogP contribution in [0.4, 0.5) is 0 Å². The zero-order valence-corrected chi connectivity index (χ0v) is 44.4. The molecule has 0 aliphatic heterocycles. The lowest BCUT2D eigenvalue weighted by Crippen LogP contribution is -2.70. The summed E-state index contributed by atoms with van der Waals surface area (Å²) in [4.78, 5) is 0. The quantitative estimate of drug-likeness (QED) is 0.246. The summed E-state index contributed by atoms with van der Waals surface area (Å²) in [6.07, 6.45) is 58.2. The van der Waals surface area contributed by atoms with Crippen LogP contribution in [0.15, 0.2) is 0 Å². The van der Waals surface area contributed by atoms with E-state index >= 15 is 0 Å². The molecule has 6 unspecified atom stereocenters. The fraction of sp³-hybridized carbons (Fsp3) is 1.00. The fourth-order valence-corrected chi connectivity index (χ4v) is 35.0. The second-order valence-corrected chi connectivity index (χ2v) is 37.5. The Labute approximate surface area is 416 Å². The highest BCUT2D eigenvalue weighted by molar-refractivity contribution is 9.10. The van der Waals surface area contributed by atoms with Gasteiger partial charge >= 0.3 is 0 Å². The van der Waals surface area contributed by atoms with Gasteiger partial charge in [0.05, 0.1) is 0 Å². The van der Waals surface area contributed by atoms with Crippen LogP contribution in [-0.2, 0) is 0 Å². The average Bonchev–Trinajstić information content (AvgIpc) is 3.14. The van der Waals surface area contributed by atoms with E-state index in [1.165, 1.54) is 44.9 Å². The number of halogens is 3. The highest BCUT2D eigenvalue weighted by atomic mass is 79.9. The number of rotatable bonds is 4. The van der Waals surface area contributed by atoms with Gasteiger partial charge in [-0.05, 0) is 351 Å². The van der Waals surface area contributed by atoms with E-state index in [2.05, 4.69) is 47.8 Å². The molecule has 24 aliphatic rings. The van der Waals surface area contributed by atoms with Gasteiger partial charge in [-0.1, -0.05) is 55.2 Å². The first-order valence-electron chi connectivity index (χ1n) is 29.2. The molecule has 0 N–H and O–H groups in total. The number of hydrogen-bond donors (Lipinski definition) is 0. The summed E-state index contributed by atoms with van der Waals surface area (Å²) in [6.45, 7) is 0. The van der Waals surface area contributed by atoms with Crippen molar-refractivity contribution in [3.63, 3.8) is 0 Å². The van der Waals surface area contributed by atoms with E-state index in [1.54, 1.807) is 186 Å². The average molecular weight is 1060 g/mol. The molecule has 3 heteroatoms. The van der Waals surface area contributed by atoms with Gasteiger partial charge in [0.1, 0.15) is 0 Å². The van der Waals surface area contributed by atoms with Gasteiger partial charge in [-0.2, -0.15) is 0 Å². The van der Waals surface area contributed by atoms with Crippen molar-refractivity contribution in [3.05, 3.63) is 0 Å². The molecule has 0 radical (unpaired) electrons. The fourth-order valence-electron chi connectivity index (χ4n) is 30.1. The molecule has 0 saturated heterocycles. The number of alkyl halides is 3. The Hall–Kier alpha value is 1.44. The van der Waals surface area contributed by atoms with Gasteiger partial charge in [0.2, 0.25) is 0 Å². The van der Waals surface area contributed by atoms with Crippen molar-refractivity contribution in [2.24, 2.45) is 120 Å². The molecule has 24 rings (SSSR count). The van der Waals surface area contributed by atoms with Crippen molar-refractivity contribution in [1.82, 2.24) is 0 Å². The minimum Gasteiger partial charge on any atom is -0.0853 e. The van der Waals surface area contributed by atoms with Crippen LogP contribution >= 0.6 is 47.8 Å². The zero-order valence-electron chi connectivity index (χ0n) is 39.6. The van der Waals surface area contributed by atoms with Crippen LogP contribution in [-0.4, -0.2) is 13.0 Å². The van der Waals surface area contributed by atoms with Crippen LogP contribution in [0, 0.1) is 120 Å². The summed E-state index contributed by atoms with van der Waals surface area (Å²) in [5.41, 5.74) is 6.00. The van der Waals surface area contributed by atoms with Crippen LogP contribution in [0.5, 0.6) is 0 Å². The van der Waals surface area contributed by atoms with Crippen molar-refractivity contribution < 1.29 is 0 Å². The highest BCUT2D eigenvalue weighted by Crippen LogP contribution is 2.85. The van der Waals surface area contributed by atoms with E-state index in [1.807, 2.05) is 0 Å². The smallest absolute Gasteiger partial charge is 0.0279 e. The van der Waals surface area contributed by atoms with Gasteiger partial charge in [-0.3, -0.25) is 0 Å². The molecular formula is C61H89Br3. The van der Waals surface area contributed by atoms with Crippen LogP contribution < -0.4 is 0 Å². The topological polar surface area (TPSA) is 0 Å². The molecule has 0 spiro atoms. The molecule has 24 saturated carbocycles. The van der Waals surface area contributed by atoms with Gasteiger partial charge in [0.25, 0.3) is 0 Å². The summed E-state index contributed by atoms with van der Waals surface area (Å²) in [7, 11) is 0. The standard InChI is InChI=1S/C30H41Br3.C30H44.CH4/c31-28-10-21-2-22(11-28)8-26(7-21,15-28)24-3-19-1-20(4-24)6-25(5-19,14-24)27-9-23-12-29(32,16-27)18-30(33,13-23)17-27;1-19-2-21-3-20(1)9-27(8-19,10-21)29-14-25-7-26(15-29)17-30(16-25,18-29)28-11-22-4-23(12-28)6-24(5-22)13-28;/h19-23H,1-18H2;19-26H,1-18H2;1H4. The third-order valence-electron chi connectivity index (χ3n) is 28.6. The largest absolute Gasteiger partial charge is 0.0853 e. The Bertz CT molecular complexity index is 1810. The zero-order chi connectivity index (χ0) is 41.5. The van der Waals surface area contributed by atoms with Crippen LogP contribution in [0.1, 0.15) is 239 Å². The summed E-state index contributed by atoms with van der Waals surface area (Å²) >= 11 is 13.3. The number of hydrogen-bond acceptors (Lipinski definition) is 0. The Morgan fingerprint density at radius 1 is 0.188 bits per heavy atom. The molecule has 0 aromatic rings. The van der Waals surface area contributed by atoms with Gasteiger partial charge in [-0.15, -0.1) is 0 Å². The summed E-state index contributed by atoms with van der Waals surface area (Å²) < 4.78 is 1.42. The molecule has 354 valence electrons. The molecule has 24 fully saturated rings. The molecule has 24 aliphatic carbocycles. The first-order valence-corrected chi connectivity index (χ1v) is 31.5. The van der Waals surface area contributed by atoms with Crippen molar-refractivity contribution in [1.29, 1.82) is 0 Å². The molecule has 0 nitrogen and oxygen atoms in total. The third-order valence-corrected chi connectivity index (χ3v) is 31.3. The Kier molecular flexibility index (Phi) is 8.39. The van der Waals surface area contributed by atoms with Gasteiger partial charge < -0.3 is 0 Å². The summed E-state index contributed by atoms with van der Waals surface area (Å²) in [5.74, 6) is 14.4. The van der Waals surface area contributed by atoms with Gasteiger partial charge in [0.15, 0.2) is 0 Å². The third kappa shape index (κ3) is 5.38. The Morgan fingerprint density at radius 2 is 0.406 bits per heavy atom. The maximum Gasteiger partial charge on any atom is 0.0279 e. The lowest BCUT2D eigenvalue weighted by atomic mass is 9.28. The van der Waals surface area contributed by atoms with E-state index in [0.29, 0.717) is 34.6 Å².